The molecule has 1 aliphatic rings. The lowest BCUT2D eigenvalue weighted by atomic mass is 9.99. The normalized spacial score (nSPS) is 14.1. The Hall–Kier alpha value is -1.78. The fraction of sp³-hybridized carbons (Fsp3) is 0.455. The van der Waals surface area contributed by atoms with Crippen LogP contribution in [-0.2, 0) is 17.6 Å². The summed E-state index contributed by atoms with van der Waals surface area (Å²) in [7, 11) is 0. The van der Waals surface area contributed by atoms with Crippen LogP contribution in [0.2, 0.25) is 0 Å². The van der Waals surface area contributed by atoms with Gasteiger partial charge in [0.05, 0.1) is 0 Å². The zero-order valence-corrected chi connectivity index (χ0v) is 9.13. The van der Waals surface area contributed by atoms with Crippen LogP contribution in [0.15, 0.2) is 10.5 Å². The standard InChI is InChI=1S/C11H14N2O3/c1-7(14)12-13-11(15)10-6-8-4-2-3-5-9(8)16-10/h6H,2-5H2,1H3,(H,12,14)(H,13,15). The number of furan rings is 1. The number of aryl methyl sites for hydroxylation is 2. The Morgan fingerprint density at radius 2 is 2.00 bits per heavy atom. The monoisotopic (exact) mass is 222 g/mol. The molecular weight excluding hydrogens is 208 g/mol. The fourth-order valence-corrected chi connectivity index (χ4v) is 1.81. The molecule has 0 aliphatic heterocycles. The molecule has 0 saturated carbocycles. The fourth-order valence-electron chi connectivity index (χ4n) is 1.81. The van der Waals surface area contributed by atoms with Crippen molar-refractivity contribution in [1.82, 2.24) is 10.9 Å². The maximum Gasteiger partial charge on any atom is 0.305 e. The van der Waals surface area contributed by atoms with E-state index in [4.69, 9.17) is 4.42 Å². The molecule has 5 heteroatoms. The van der Waals surface area contributed by atoms with Gasteiger partial charge in [0.15, 0.2) is 5.76 Å². The first-order valence-corrected chi connectivity index (χ1v) is 5.35. The predicted molar refractivity (Wildman–Crippen MR) is 56.6 cm³/mol. The highest BCUT2D eigenvalue weighted by molar-refractivity contribution is 5.93. The third-order valence-corrected chi connectivity index (χ3v) is 2.57. The van der Waals surface area contributed by atoms with E-state index < -0.39 is 5.91 Å². The van der Waals surface area contributed by atoms with Gasteiger partial charge in [-0.2, -0.15) is 0 Å². The van der Waals surface area contributed by atoms with E-state index in [9.17, 15) is 9.59 Å². The zero-order chi connectivity index (χ0) is 11.5. The van der Waals surface area contributed by atoms with Crippen molar-refractivity contribution in [3.05, 3.63) is 23.2 Å². The van der Waals surface area contributed by atoms with Crippen LogP contribution in [0, 0.1) is 0 Å². The van der Waals surface area contributed by atoms with Gasteiger partial charge in [0.2, 0.25) is 5.91 Å². The molecule has 2 N–H and O–H groups in total. The van der Waals surface area contributed by atoms with Crippen LogP contribution in [0.1, 0.15) is 41.6 Å². The average Bonchev–Trinajstić information content (AvgIpc) is 2.69. The summed E-state index contributed by atoms with van der Waals surface area (Å²) in [5.74, 6) is 0.439. The van der Waals surface area contributed by atoms with Crippen LogP contribution in [-0.4, -0.2) is 11.8 Å². The molecule has 86 valence electrons. The second-order valence-electron chi connectivity index (χ2n) is 3.90. The largest absolute Gasteiger partial charge is 0.456 e. The summed E-state index contributed by atoms with van der Waals surface area (Å²) in [5, 5.41) is 0. The summed E-state index contributed by atoms with van der Waals surface area (Å²) < 4.78 is 5.44. The molecule has 1 aliphatic carbocycles. The van der Waals surface area contributed by atoms with E-state index >= 15 is 0 Å². The molecule has 1 aromatic heterocycles. The van der Waals surface area contributed by atoms with Gasteiger partial charge in [0, 0.05) is 13.3 Å². The lowest BCUT2D eigenvalue weighted by Gasteiger charge is -2.07. The molecule has 0 saturated heterocycles. The number of hydrazine groups is 1. The van der Waals surface area contributed by atoms with E-state index in [0.29, 0.717) is 0 Å². The third-order valence-electron chi connectivity index (χ3n) is 2.57. The summed E-state index contributed by atoms with van der Waals surface area (Å²) in [5.41, 5.74) is 5.61. The van der Waals surface area contributed by atoms with Crippen LogP contribution in [0.5, 0.6) is 0 Å². The van der Waals surface area contributed by atoms with Crippen molar-refractivity contribution < 1.29 is 14.0 Å². The van der Waals surface area contributed by atoms with Gasteiger partial charge in [-0.3, -0.25) is 20.4 Å². The number of hydrogen-bond acceptors (Lipinski definition) is 3. The molecule has 0 fully saturated rings. The number of fused-ring (bicyclic) bond motifs is 1. The van der Waals surface area contributed by atoms with Gasteiger partial charge < -0.3 is 4.42 Å². The van der Waals surface area contributed by atoms with Crippen molar-refractivity contribution in [1.29, 1.82) is 0 Å². The highest BCUT2D eigenvalue weighted by atomic mass is 16.4. The van der Waals surface area contributed by atoms with Gasteiger partial charge in [-0.25, -0.2) is 0 Å². The van der Waals surface area contributed by atoms with Crippen molar-refractivity contribution in [2.75, 3.05) is 0 Å². The maximum absolute atomic E-state index is 11.5. The molecule has 0 aromatic carbocycles. The SMILES string of the molecule is CC(=O)NNC(=O)c1cc2c(o1)CCCC2. The van der Waals surface area contributed by atoms with Gasteiger partial charge >= 0.3 is 5.91 Å². The molecule has 0 radical (unpaired) electrons. The van der Waals surface area contributed by atoms with Crippen molar-refractivity contribution in [2.24, 2.45) is 0 Å². The second kappa shape index (κ2) is 4.38. The van der Waals surface area contributed by atoms with Crippen LogP contribution in [0.3, 0.4) is 0 Å². The van der Waals surface area contributed by atoms with Gasteiger partial charge in [0.1, 0.15) is 5.76 Å². The Bertz CT molecular complexity index is 399. The Morgan fingerprint density at radius 3 is 2.69 bits per heavy atom. The van der Waals surface area contributed by atoms with E-state index in [1.807, 2.05) is 0 Å². The minimum atomic E-state index is -0.412. The number of nitrogens with one attached hydrogen (secondary N) is 2. The summed E-state index contributed by atoms with van der Waals surface area (Å²) in [4.78, 5) is 22.2. The summed E-state index contributed by atoms with van der Waals surface area (Å²) in [6.07, 6.45) is 4.10. The van der Waals surface area contributed by atoms with Crippen molar-refractivity contribution in [2.45, 2.75) is 32.6 Å². The van der Waals surface area contributed by atoms with Gasteiger partial charge in [-0.1, -0.05) is 0 Å². The van der Waals surface area contributed by atoms with Crippen molar-refractivity contribution >= 4 is 11.8 Å². The predicted octanol–water partition coefficient (Wildman–Crippen LogP) is 0.939. The molecule has 1 heterocycles. The Labute approximate surface area is 93.2 Å². The number of hydrogen-bond donors (Lipinski definition) is 2. The smallest absolute Gasteiger partial charge is 0.305 e. The van der Waals surface area contributed by atoms with Gasteiger partial charge in [-0.05, 0) is 30.9 Å². The average molecular weight is 222 g/mol. The molecule has 1 aromatic rings. The third kappa shape index (κ3) is 2.24. The zero-order valence-electron chi connectivity index (χ0n) is 9.13. The number of carbonyl (C=O) groups excluding carboxylic acids is 2. The number of amides is 2. The Morgan fingerprint density at radius 1 is 1.25 bits per heavy atom. The first-order chi connectivity index (χ1) is 7.66. The first kappa shape index (κ1) is 10.7. The van der Waals surface area contributed by atoms with E-state index in [2.05, 4.69) is 10.9 Å². The highest BCUT2D eigenvalue weighted by Gasteiger charge is 2.18. The molecule has 0 spiro atoms. The summed E-state index contributed by atoms with van der Waals surface area (Å²) in [6.45, 7) is 1.33. The van der Waals surface area contributed by atoms with Crippen molar-refractivity contribution in [3.63, 3.8) is 0 Å². The lowest BCUT2D eigenvalue weighted by Crippen LogP contribution is -2.40. The number of carbonyl (C=O) groups is 2. The molecule has 16 heavy (non-hydrogen) atoms. The topological polar surface area (TPSA) is 71.3 Å². The van der Waals surface area contributed by atoms with Crippen LogP contribution < -0.4 is 10.9 Å². The van der Waals surface area contributed by atoms with Gasteiger partial charge in [-0.15, -0.1) is 0 Å². The molecule has 2 amide bonds. The minimum Gasteiger partial charge on any atom is -0.456 e. The van der Waals surface area contributed by atoms with E-state index in [0.717, 1.165) is 37.0 Å². The highest BCUT2D eigenvalue weighted by Crippen LogP contribution is 2.24. The Balaban J connectivity index is 2.06. The van der Waals surface area contributed by atoms with E-state index in [1.165, 1.54) is 6.92 Å². The maximum atomic E-state index is 11.5. The van der Waals surface area contributed by atoms with Gasteiger partial charge in [0.25, 0.3) is 0 Å². The number of rotatable bonds is 1. The van der Waals surface area contributed by atoms with E-state index in [-0.39, 0.29) is 11.7 Å². The lowest BCUT2D eigenvalue weighted by molar-refractivity contribution is -0.119. The quantitative estimate of drug-likeness (QED) is 0.694. The van der Waals surface area contributed by atoms with E-state index in [1.54, 1.807) is 6.07 Å². The Kier molecular flexibility index (Phi) is 2.94. The molecule has 0 unspecified atom stereocenters. The van der Waals surface area contributed by atoms with Crippen LogP contribution in [0.4, 0.5) is 0 Å². The molecular formula is C11H14N2O3. The second-order valence-corrected chi connectivity index (χ2v) is 3.90. The molecule has 0 bridgehead atoms. The van der Waals surface area contributed by atoms with Crippen molar-refractivity contribution in [3.8, 4) is 0 Å². The summed E-state index contributed by atoms with van der Waals surface area (Å²) >= 11 is 0. The molecule has 5 nitrogen and oxygen atoms in total. The van der Waals surface area contributed by atoms with Crippen LogP contribution in [0.25, 0.3) is 0 Å². The molecule has 2 rings (SSSR count). The first-order valence-electron chi connectivity index (χ1n) is 5.35. The minimum absolute atomic E-state index is 0.264. The molecule has 0 atom stereocenters. The van der Waals surface area contributed by atoms with Crippen LogP contribution >= 0.6 is 0 Å². The summed E-state index contributed by atoms with van der Waals surface area (Å²) in [6, 6.07) is 1.76.